The minimum Gasteiger partial charge on any atom is -0.299 e. The molecule has 2 heteroatoms. The lowest BCUT2D eigenvalue weighted by Crippen LogP contribution is -2.15. The van der Waals surface area contributed by atoms with Crippen molar-refractivity contribution in [3.63, 3.8) is 0 Å². The van der Waals surface area contributed by atoms with Crippen LogP contribution in [0.25, 0.3) is 116 Å². The second-order valence-electron chi connectivity index (χ2n) is 18.7. The summed E-state index contributed by atoms with van der Waals surface area (Å²) in [4.78, 5) is 5.14. The molecule has 2 nitrogen and oxygen atoms in total. The smallest absolute Gasteiger partial charge is 0.137 e. The van der Waals surface area contributed by atoms with Crippen LogP contribution in [0, 0.1) is 0 Å². The number of aromatic nitrogens is 2. The predicted molar refractivity (Wildman–Crippen MR) is 286 cm³/mol. The number of pyridine rings is 1. The zero-order chi connectivity index (χ0) is 45.3. The normalized spacial score (nSPS) is 12.7. The maximum Gasteiger partial charge on any atom is 0.137 e. The standard InChI is InChI=1S/C66H46N2/c1-66(2)59-40-52(47-29-35-50(36-30-47)64-65(51-20-10-5-11-21-51)68-39-15-14-24-61(68)67-64)37-38-53(59)56-41-57-58(42-60(56)66)63(49-33-27-46(28-34-49)44-18-8-4-9-19-44)55-23-13-12-22-54(55)62(57)48-31-25-45(26-32-48)43-16-6-3-7-17-43/h3-42H,1-2H3. The first-order valence-electron chi connectivity index (χ1n) is 23.6. The molecule has 68 heavy (non-hydrogen) atoms. The van der Waals surface area contributed by atoms with Crippen molar-refractivity contribution in [3.05, 3.63) is 254 Å². The summed E-state index contributed by atoms with van der Waals surface area (Å²) in [5.74, 6) is 0. The van der Waals surface area contributed by atoms with E-state index in [0.717, 1.165) is 28.2 Å². The largest absolute Gasteiger partial charge is 0.299 e. The summed E-state index contributed by atoms with van der Waals surface area (Å²) in [6.45, 7) is 4.81. The molecule has 0 fully saturated rings. The first-order chi connectivity index (χ1) is 33.5. The summed E-state index contributed by atoms with van der Waals surface area (Å²) in [6, 6.07) is 86.7. The molecule has 10 aromatic carbocycles. The molecule has 0 spiro atoms. The fourth-order valence-corrected chi connectivity index (χ4v) is 11.0. The van der Waals surface area contributed by atoms with E-state index in [4.69, 9.17) is 4.98 Å². The predicted octanol–water partition coefficient (Wildman–Crippen LogP) is 17.6. The molecule has 0 N–H and O–H groups in total. The molecule has 320 valence electrons. The van der Waals surface area contributed by atoms with Gasteiger partial charge in [0.2, 0.25) is 0 Å². The van der Waals surface area contributed by atoms with Crippen molar-refractivity contribution in [2.75, 3.05) is 0 Å². The monoisotopic (exact) mass is 866 g/mol. The van der Waals surface area contributed by atoms with E-state index >= 15 is 0 Å². The summed E-state index contributed by atoms with van der Waals surface area (Å²) in [5.41, 5.74) is 22.6. The average Bonchev–Trinajstić information content (AvgIpc) is 3.90. The maximum atomic E-state index is 5.14. The lowest BCUT2D eigenvalue weighted by atomic mass is 9.79. The lowest BCUT2D eigenvalue weighted by Gasteiger charge is -2.24. The number of fused-ring (bicyclic) bond motifs is 6. The van der Waals surface area contributed by atoms with E-state index in [1.807, 2.05) is 0 Å². The molecule has 12 aromatic rings. The van der Waals surface area contributed by atoms with Crippen molar-refractivity contribution in [3.8, 4) is 89.3 Å². The highest BCUT2D eigenvalue weighted by Crippen LogP contribution is 2.54. The zero-order valence-corrected chi connectivity index (χ0v) is 38.0. The summed E-state index contributed by atoms with van der Waals surface area (Å²) in [7, 11) is 0. The zero-order valence-electron chi connectivity index (χ0n) is 38.0. The molecule has 0 atom stereocenters. The Morgan fingerprint density at radius 3 is 1.32 bits per heavy atom. The van der Waals surface area contributed by atoms with Crippen molar-refractivity contribution in [1.82, 2.24) is 9.38 Å². The van der Waals surface area contributed by atoms with Gasteiger partial charge in [-0.1, -0.05) is 220 Å². The van der Waals surface area contributed by atoms with Gasteiger partial charge in [0.25, 0.3) is 0 Å². The van der Waals surface area contributed by atoms with Crippen molar-refractivity contribution in [1.29, 1.82) is 0 Å². The number of hydrogen-bond acceptors (Lipinski definition) is 1. The van der Waals surface area contributed by atoms with Crippen molar-refractivity contribution < 1.29 is 0 Å². The third kappa shape index (κ3) is 6.44. The molecule has 2 aromatic heterocycles. The van der Waals surface area contributed by atoms with Crippen LogP contribution in [0.3, 0.4) is 0 Å². The maximum absolute atomic E-state index is 5.14. The fourth-order valence-electron chi connectivity index (χ4n) is 11.0. The van der Waals surface area contributed by atoms with Gasteiger partial charge in [-0.05, 0) is 130 Å². The summed E-state index contributed by atoms with van der Waals surface area (Å²) >= 11 is 0. The second-order valence-corrected chi connectivity index (χ2v) is 18.7. The molecule has 0 unspecified atom stereocenters. The van der Waals surface area contributed by atoms with Gasteiger partial charge in [-0.25, -0.2) is 4.98 Å². The molecule has 2 heterocycles. The van der Waals surface area contributed by atoms with Gasteiger partial charge in [0.1, 0.15) is 5.65 Å². The van der Waals surface area contributed by atoms with Crippen LogP contribution in [-0.2, 0) is 5.41 Å². The molecule has 13 rings (SSSR count). The Balaban J connectivity index is 0.959. The lowest BCUT2D eigenvalue weighted by molar-refractivity contribution is 0.661. The van der Waals surface area contributed by atoms with E-state index in [2.05, 4.69) is 261 Å². The quantitative estimate of drug-likeness (QED) is 0.146. The molecule has 0 saturated carbocycles. The minimum absolute atomic E-state index is 0.243. The van der Waals surface area contributed by atoms with Gasteiger partial charge >= 0.3 is 0 Å². The van der Waals surface area contributed by atoms with Crippen molar-refractivity contribution in [2.24, 2.45) is 0 Å². The average molecular weight is 867 g/mol. The topological polar surface area (TPSA) is 17.3 Å². The number of imidazole rings is 1. The number of hydrogen-bond donors (Lipinski definition) is 0. The Labute approximate surface area is 397 Å². The molecule has 1 aliphatic rings. The summed E-state index contributed by atoms with van der Waals surface area (Å²) in [5, 5.41) is 5.05. The van der Waals surface area contributed by atoms with Crippen LogP contribution in [0.4, 0.5) is 0 Å². The van der Waals surface area contributed by atoms with Crippen LogP contribution in [0.15, 0.2) is 243 Å². The van der Waals surface area contributed by atoms with Gasteiger partial charge < -0.3 is 0 Å². The first-order valence-corrected chi connectivity index (χ1v) is 23.6. The van der Waals surface area contributed by atoms with Crippen molar-refractivity contribution in [2.45, 2.75) is 19.3 Å². The van der Waals surface area contributed by atoms with E-state index in [-0.39, 0.29) is 5.41 Å². The Morgan fingerprint density at radius 2 is 0.750 bits per heavy atom. The highest BCUT2D eigenvalue weighted by molar-refractivity contribution is 6.22. The van der Waals surface area contributed by atoms with Gasteiger partial charge in [0, 0.05) is 22.7 Å². The van der Waals surface area contributed by atoms with Gasteiger partial charge in [0.05, 0.1) is 11.4 Å². The molecular weight excluding hydrogens is 821 g/mol. The number of nitrogens with zero attached hydrogens (tertiary/aromatic N) is 2. The molecule has 0 bridgehead atoms. The molecule has 0 radical (unpaired) electrons. The van der Waals surface area contributed by atoms with Crippen LogP contribution in [0.1, 0.15) is 25.0 Å². The highest BCUT2D eigenvalue weighted by Gasteiger charge is 2.37. The van der Waals surface area contributed by atoms with E-state index in [1.54, 1.807) is 0 Å². The number of benzene rings is 10. The fraction of sp³-hybridized carbons (Fsp3) is 0.0455. The molecule has 0 saturated heterocycles. The minimum atomic E-state index is -0.243. The Kier molecular flexibility index (Phi) is 9.23. The van der Waals surface area contributed by atoms with E-state index in [0.29, 0.717) is 0 Å². The van der Waals surface area contributed by atoms with Gasteiger partial charge in [-0.3, -0.25) is 4.40 Å². The van der Waals surface area contributed by atoms with Crippen LogP contribution >= 0.6 is 0 Å². The SMILES string of the molecule is CC1(C)c2cc(-c3ccc(-c4nc5ccccn5c4-c4ccccc4)cc3)ccc2-c2cc3c(-c4ccc(-c5ccccc5)cc4)c4ccccc4c(-c4ccc(-c5ccccc5)cc4)c3cc21. The molecule has 1 aliphatic carbocycles. The Bertz CT molecular complexity index is 3860. The molecule has 0 aliphatic heterocycles. The Morgan fingerprint density at radius 1 is 0.324 bits per heavy atom. The third-order valence-electron chi connectivity index (χ3n) is 14.4. The van der Waals surface area contributed by atoms with Gasteiger partial charge in [-0.15, -0.1) is 0 Å². The van der Waals surface area contributed by atoms with Crippen LogP contribution < -0.4 is 0 Å². The third-order valence-corrected chi connectivity index (χ3v) is 14.4. The van der Waals surface area contributed by atoms with E-state index in [9.17, 15) is 0 Å². The van der Waals surface area contributed by atoms with E-state index in [1.165, 1.54) is 99.4 Å². The van der Waals surface area contributed by atoms with Crippen molar-refractivity contribution >= 4 is 27.2 Å². The Hall–Kier alpha value is -8.59. The highest BCUT2D eigenvalue weighted by atomic mass is 15.0. The van der Waals surface area contributed by atoms with Gasteiger partial charge in [0.15, 0.2) is 0 Å². The second kappa shape index (κ2) is 15.8. The van der Waals surface area contributed by atoms with Crippen LogP contribution in [0.5, 0.6) is 0 Å². The number of rotatable bonds is 7. The molecule has 0 amide bonds. The molecular formula is C66H46N2. The van der Waals surface area contributed by atoms with Crippen LogP contribution in [0.2, 0.25) is 0 Å². The summed E-state index contributed by atoms with van der Waals surface area (Å²) < 4.78 is 2.19. The summed E-state index contributed by atoms with van der Waals surface area (Å²) in [6.07, 6.45) is 2.10. The van der Waals surface area contributed by atoms with E-state index < -0.39 is 0 Å². The van der Waals surface area contributed by atoms with Gasteiger partial charge in [-0.2, -0.15) is 0 Å². The first kappa shape index (κ1) is 39.7. The van der Waals surface area contributed by atoms with Crippen LogP contribution in [-0.4, -0.2) is 9.38 Å².